The molecule has 3 heteroatoms. The van der Waals surface area contributed by atoms with Gasteiger partial charge in [0.25, 0.3) is 0 Å². The van der Waals surface area contributed by atoms with E-state index in [2.05, 4.69) is 0 Å². The van der Waals surface area contributed by atoms with Crippen LogP contribution in [0.2, 0.25) is 0 Å². The number of hydrogen-bond acceptors (Lipinski definition) is 3. The van der Waals surface area contributed by atoms with Crippen molar-refractivity contribution in [2.75, 3.05) is 6.61 Å². The minimum absolute atomic E-state index is 0.0257. The number of hydrogen-bond donors (Lipinski definition) is 1. The Hall–Kier alpha value is -0.570. The maximum atomic E-state index is 11.3. The molecule has 0 aromatic carbocycles. The highest BCUT2D eigenvalue weighted by atomic mass is 16.5. The lowest BCUT2D eigenvalue weighted by Gasteiger charge is -2.26. The molecule has 0 amide bonds. The number of esters is 1. The summed E-state index contributed by atoms with van der Waals surface area (Å²) in [7, 11) is 0. The molecule has 0 heterocycles. The second-order valence-corrected chi connectivity index (χ2v) is 3.31. The molecular formula is C9H17NO2. The van der Waals surface area contributed by atoms with Crippen molar-refractivity contribution in [2.45, 2.75) is 38.6 Å². The van der Waals surface area contributed by atoms with Gasteiger partial charge in [0.15, 0.2) is 0 Å². The topological polar surface area (TPSA) is 52.3 Å². The van der Waals surface area contributed by atoms with Crippen molar-refractivity contribution < 1.29 is 9.53 Å². The smallest absolute Gasteiger partial charge is 0.310 e. The van der Waals surface area contributed by atoms with E-state index in [9.17, 15) is 4.79 Å². The molecule has 0 aliphatic heterocycles. The van der Waals surface area contributed by atoms with E-state index >= 15 is 0 Å². The van der Waals surface area contributed by atoms with Gasteiger partial charge in [0, 0.05) is 6.04 Å². The lowest BCUT2D eigenvalue weighted by molar-refractivity contribution is -0.149. The van der Waals surface area contributed by atoms with Gasteiger partial charge >= 0.3 is 5.97 Å². The molecule has 0 unspecified atom stereocenters. The summed E-state index contributed by atoms with van der Waals surface area (Å²) in [6.45, 7) is 2.29. The maximum absolute atomic E-state index is 11.3. The van der Waals surface area contributed by atoms with Crippen LogP contribution in [0.3, 0.4) is 0 Å². The molecule has 1 aliphatic carbocycles. The van der Waals surface area contributed by atoms with Crippen molar-refractivity contribution in [1.29, 1.82) is 0 Å². The first kappa shape index (κ1) is 9.52. The SMILES string of the molecule is CCOC(=O)[C@H]1CCCC[C@@H]1N. The summed E-state index contributed by atoms with van der Waals surface area (Å²) in [5, 5.41) is 0. The summed E-state index contributed by atoms with van der Waals surface area (Å²) in [6.07, 6.45) is 4.12. The fraction of sp³-hybridized carbons (Fsp3) is 0.889. The molecule has 0 aromatic heterocycles. The molecule has 2 atom stereocenters. The van der Waals surface area contributed by atoms with Crippen molar-refractivity contribution in [3.05, 3.63) is 0 Å². The van der Waals surface area contributed by atoms with Crippen LogP contribution in [-0.2, 0) is 9.53 Å². The number of carbonyl (C=O) groups excluding carboxylic acids is 1. The quantitative estimate of drug-likeness (QED) is 0.632. The monoisotopic (exact) mass is 171 g/mol. The average Bonchev–Trinajstić information content (AvgIpc) is 2.05. The van der Waals surface area contributed by atoms with Crippen molar-refractivity contribution in [3.63, 3.8) is 0 Å². The van der Waals surface area contributed by atoms with E-state index in [0.717, 1.165) is 25.7 Å². The molecule has 1 aliphatic rings. The Morgan fingerprint density at radius 2 is 2.17 bits per heavy atom. The summed E-state index contributed by atoms with van der Waals surface area (Å²) in [5.74, 6) is -0.150. The summed E-state index contributed by atoms with van der Waals surface area (Å²) in [4.78, 5) is 11.3. The highest BCUT2D eigenvalue weighted by Crippen LogP contribution is 2.23. The second-order valence-electron chi connectivity index (χ2n) is 3.31. The first-order valence-corrected chi connectivity index (χ1v) is 4.68. The highest BCUT2D eigenvalue weighted by molar-refractivity contribution is 5.73. The first-order valence-electron chi connectivity index (χ1n) is 4.68. The number of nitrogens with two attached hydrogens (primary N) is 1. The fourth-order valence-electron chi connectivity index (χ4n) is 1.70. The number of carbonyl (C=O) groups is 1. The molecule has 0 radical (unpaired) electrons. The zero-order valence-corrected chi connectivity index (χ0v) is 7.58. The van der Waals surface area contributed by atoms with E-state index in [4.69, 9.17) is 10.5 Å². The van der Waals surface area contributed by atoms with E-state index in [-0.39, 0.29) is 17.9 Å². The maximum Gasteiger partial charge on any atom is 0.310 e. The Balaban J connectivity index is 2.42. The van der Waals surface area contributed by atoms with Gasteiger partial charge in [-0.2, -0.15) is 0 Å². The summed E-state index contributed by atoms with van der Waals surface area (Å²) < 4.78 is 4.93. The number of rotatable bonds is 2. The molecule has 70 valence electrons. The van der Waals surface area contributed by atoms with Crippen LogP contribution in [0, 0.1) is 5.92 Å². The van der Waals surface area contributed by atoms with Crippen molar-refractivity contribution in [1.82, 2.24) is 0 Å². The second kappa shape index (κ2) is 4.45. The van der Waals surface area contributed by atoms with Crippen LogP contribution in [0.25, 0.3) is 0 Å². The zero-order valence-electron chi connectivity index (χ0n) is 7.58. The van der Waals surface area contributed by atoms with E-state index in [1.165, 1.54) is 0 Å². The molecular weight excluding hydrogens is 154 g/mol. The summed E-state index contributed by atoms with van der Waals surface area (Å²) in [5.41, 5.74) is 5.81. The summed E-state index contributed by atoms with van der Waals surface area (Å²) >= 11 is 0. The van der Waals surface area contributed by atoms with Crippen LogP contribution in [0.5, 0.6) is 0 Å². The van der Waals surface area contributed by atoms with Crippen LogP contribution in [0.1, 0.15) is 32.6 Å². The molecule has 0 aromatic rings. The predicted octanol–water partition coefficient (Wildman–Crippen LogP) is 1.07. The Labute approximate surface area is 73.3 Å². The fourth-order valence-corrected chi connectivity index (χ4v) is 1.70. The Morgan fingerprint density at radius 3 is 2.75 bits per heavy atom. The van der Waals surface area contributed by atoms with Gasteiger partial charge in [0.05, 0.1) is 12.5 Å². The van der Waals surface area contributed by atoms with Gasteiger partial charge in [0.1, 0.15) is 0 Å². The van der Waals surface area contributed by atoms with Gasteiger partial charge in [-0.15, -0.1) is 0 Å². The Morgan fingerprint density at radius 1 is 1.50 bits per heavy atom. The standard InChI is InChI=1S/C9H17NO2/c1-2-12-9(11)7-5-3-4-6-8(7)10/h7-8H,2-6,10H2,1H3/t7-,8-/m0/s1. The van der Waals surface area contributed by atoms with Crippen LogP contribution in [-0.4, -0.2) is 18.6 Å². The molecule has 0 bridgehead atoms. The average molecular weight is 171 g/mol. The van der Waals surface area contributed by atoms with Crippen LogP contribution in [0.4, 0.5) is 0 Å². The van der Waals surface area contributed by atoms with Crippen molar-refractivity contribution >= 4 is 5.97 Å². The van der Waals surface area contributed by atoms with Crippen LogP contribution in [0.15, 0.2) is 0 Å². The molecule has 12 heavy (non-hydrogen) atoms. The molecule has 0 saturated heterocycles. The van der Waals surface area contributed by atoms with Crippen LogP contribution < -0.4 is 5.73 Å². The van der Waals surface area contributed by atoms with Gasteiger partial charge < -0.3 is 10.5 Å². The molecule has 3 nitrogen and oxygen atoms in total. The molecule has 0 spiro atoms. The van der Waals surface area contributed by atoms with Gasteiger partial charge in [-0.1, -0.05) is 12.8 Å². The Bertz CT molecular complexity index is 159. The van der Waals surface area contributed by atoms with Crippen molar-refractivity contribution in [3.8, 4) is 0 Å². The third-order valence-electron chi connectivity index (χ3n) is 2.41. The lowest BCUT2D eigenvalue weighted by Crippen LogP contribution is -2.38. The largest absolute Gasteiger partial charge is 0.466 e. The molecule has 2 N–H and O–H groups in total. The van der Waals surface area contributed by atoms with E-state index in [0.29, 0.717) is 6.61 Å². The van der Waals surface area contributed by atoms with Gasteiger partial charge in [-0.05, 0) is 19.8 Å². The minimum atomic E-state index is -0.107. The zero-order chi connectivity index (χ0) is 8.97. The normalized spacial score (nSPS) is 29.8. The van der Waals surface area contributed by atoms with Gasteiger partial charge in [-0.25, -0.2) is 0 Å². The van der Waals surface area contributed by atoms with E-state index in [1.807, 2.05) is 6.92 Å². The third-order valence-corrected chi connectivity index (χ3v) is 2.41. The molecule has 1 saturated carbocycles. The highest BCUT2D eigenvalue weighted by Gasteiger charge is 2.28. The minimum Gasteiger partial charge on any atom is -0.466 e. The predicted molar refractivity (Wildman–Crippen MR) is 46.6 cm³/mol. The first-order chi connectivity index (χ1) is 5.75. The van der Waals surface area contributed by atoms with Crippen LogP contribution >= 0.6 is 0 Å². The van der Waals surface area contributed by atoms with Gasteiger partial charge in [-0.3, -0.25) is 4.79 Å². The molecule has 1 fully saturated rings. The van der Waals surface area contributed by atoms with Crippen molar-refractivity contribution in [2.24, 2.45) is 11.7 Å². The van der Waals surface area contributed by atoms with E-state index in [1.54, 1.807) is 0 Å². The third kappa shape index (κ3) is 2.21. The summed E-state index contributed by atoms with van der Waals surface area (Å²) in [6, 6.07) is 0.0257. The molecule has 1 rings (SSSR count). The number of ether oxygens (including phenoxy) is 1. The van der Waals surface area contributed by atoms with E-state index < -0.39 is 0 Å². The Kier molecular flexibility index (Phi) is 3.53. The lowest BCUT2D eigenvalue weighted by atomic mass is 9.85. The van der Waals surface area contributed by atoms with Gasteiger partial charge in [0.2, 0.25) is 0 Å².